The van der Waals surface area contributed by atoms with Crippen molar-refractivity contribution in [2.75, 3.05) is 0 Å². The highest BCUT2D eigenvalue weighted by Crippen LogP contribution is 2.12. The van der Waals surface area contributed by atoms with E-state index in [0.29, 0.717) is 18.7 Å². The van der Waals surface area contributed by atoms with Crippen LogP contribution in [-0.2, 0) is 19.9 Å². The van der Waals surface area contributed by atoms with Gasteiger partial charge in [-0.1, -0.05) is 6.07 Å². The number of aryl methyl sites for hydroxylation is 1. The van der Waals surface area contributed by atoms with Gasteiger partial charge in [-0.05, 0) is 16.7 Å². The third-order valence-corrected chi connectivity index (χ3v) is 2.88. The Kier molecular flexibility index (Phi) is 3.08. The van der Waals surface area contributed by atoms with Crippen LogP contribution in [0.25, 0.3) is 0 Å². The molecular formula is C9H12N4OS. The van der Waals surface area contributed by atoms with E-state index in [9.17, 15) is 5.11 Å². The molecule has 0 amide bonds. The summed E-state index contributed by atoms with van der Waals surface area (Å²) in [6.07, 6.45) is 0.662. The first kappa shape index (κ1) is 10.3. The van der Waals surface area contributed by atoms with Crippen LogP contribution in [0.2, 0.25) is 0 Å². The Morgan fingerprint density at radius 3 is 3.00 bits per heavy atom. The second-order valence-electron chi connectivity index (χ2n) is 3.34. The van der Waals surface area contributed by atoms with Crippen LogP contribution in [0, 0.1) is 0 Å². The van der Waals surface area contributed by atoms with Gasteiger partial charge in [-0.25, -0.2) is 0 Å². The van der Waals surface area contributed by atoms with Crippen molar-refractivity contribution >= 4 is 11.3 Å². The van der Waals surface area contributed by atoms with Crippen molar-refractivity contribution in [3.05, 3.63) is 28.2 Å². The molecule has 0 bridgehead atoms. The maximum absolute atomic E-state index is 9.77. The summed E-state index contributed by atoms with van der Waals surface area (Å²) in [5, 5.41) is 23.3. The van der Waals surface area contributed by atoms with E-state index in [2.05, 4.69) is 15.4 Å². The fourth-order valence-corrected chi connectivity index (χ4v) is 2.13. The van der Waals surface area contributed by atoms with Crippen LogP contribution < -0.4 is 0 Å². The Labute approximate surface area is 91.4 Å². The molecule has 0 saturated heterocycles. The number of tetrazole rings is 1. The zero-order valence-electron chi connectivity index (χ0n) is 8.37. The van der Waals surface area contributed by atoms with Gasteiger partial charge in [-0.2, -0.15) is 4.80 Å². The standard InChI is InChI=1S/C9H12N4OS/c1-13-11-9(10-12-13)6-7(14)5-8-3-2-4-15-8/h2-4,7,14H,5-6H2,1H3. The summed E-state index contributed by atoms with van der Waals surface area (Å²) in [6, 6.07) is 3.99. The first-order valence-corrected chi connectivity index (χ1v) is 5.55. The number of thiophene rings is 1. The normalized spacial score (nSPS) is 12.9. The smallest absolute Gasteiger partial charge is 0.177 e. The number of aliphatic hydroxyl groups excluding tert-OH is 1. The minimum atomic E-state index is -0.437. The van der Waals surface area contributed by atoms with E-state index in [1.165, 1.54) is 9.67 Å². The lowest BCUT2D eigenvalue weighted by atomic mass is 10.1. The molecule has 0 saturated carbocycles. The van der Waals surface area contributed by atoms with Crippen molar-refractivity contribution in [2.24, 2.45) is 7.05 Å². The fourth-order valence-electron chi connectivity index (χ4n) is 1.35. The van der Waals surface area contributed by atoms with Crippen LogP contribution in [0.5, 0.6) is 0 Å². The summed E-state index contributed by atoms with van der Waals surface area (Å²) < 4.78 is 0. The molecule has 0 spiro atoms. The summed E-state index contributed by atoms with van der Waals surface area (Å²) in [4.78, 5) is 2.57. The zero-order valence-corrected chi connectivity index (χ0v) is 9.18. The molecule has 2 rings (SSSR count). The van der Waals surface area contributed by atoms with Gasteiger partial charge in [-0.15, -0.1) is 21.5 Å². The largest absolute Gasteiger partial charge is 0.392 e. The molecule has 2 heterocycles. The van der Waals surface area contributed by atoms with E-state index in [1.807, 2.05) is 17.5 Å². The molecule has 0 fully saturated rings. The molecule has 6 heteroatoms. The number of aliphatic hydroxyl groups is 1. The van der Waals surface area contributed by atoms with E-state index in [4.69, 9.17) is 0 Å². The zero-order chi connectivity index (χ0) is 10.7. The summed E-state index contributed by atoms with van der Waals surface area (Å²) in [7, 11) is 1.71. The maximum Gasteiger partial charge on any atom is 0.177 e. The summed E-state index contributed by atoms with van der Waals surface area (Å²) in [6.45, 7) is 0. The van der Waals surface area contributed by atoms with Crippen molar-refractivity contribution in [1.29, 1.82) is 0 Å². The molecule has 80 valence electrons. The van der Waals surface area contributed by atoms with Crippen molar-refractivity contribution in [2.45, 2.75) is 18.9 Å². The van der Waals surface area contributed by atoms with E-state index < -0.39 is 6.10 Å². The van der Waals surface area contributed by atoms with Crippen LogP contribution in [0.15, 0.2) is 17.5 Å². The molecule has 1 unspecified atom stereocenters. The Morgan fingerprint density at radius 2 is 2.40 bits per heavy atom. The molecule has 1 N–H and O–H groups in total. The summed E-state index contributed by atoms with van der Waals surface area (Å²) in [5.41, 5.74) is 0. The lowest BCUT2D eigenvalue weighted by Gasteiger charge is -2.05. The number of hydrogen-bond donors (Lipinski definition) is 1. The second kappa shape index (κ2) is 4.50. The van der Waals surface area contributed by atoms with E-state index >= 15 is 0 Å². The van der Waals surface area contributed by atoms with Gasteiger partial charge in [0.2, 0.25) is 0 Å². The molecule has 0 aromatic carbocycles. The molecule has 2 aromatic rings. The van der Waals surface area contributed by atoms with E-state index in [-0.39, 0.29) is 0 Å². The minimum Gasteiger partial charge on any atom is -0.392 e. The van der Waals surface area contributed by atoms with E-state index in [1.54, 1.807) is 18.4 Å². The molecule has 0 radical (unpaired) electrons. The highest BCUT2D eigenvalue weighted by molar-refractivity contribution is 7.09. The van der Waals surface area contributed by atoms with Gasteiger partial charge in [0.25, 0.3) is 0 Å². The predicted octanol–water partition coefficient (Wildman–Crippen LogP) is 0.418. The molecule has 2 aromatic heterocycles. The average Bonchev–Trinajstić information content (AvgIpc) is 2.77. The molecule has 1 atom stereocenters. The van der Waals surface area contributed by atoms with Gasteiger partial charge in [0.15, 0.2) is 5.82 Å². The highest BCUT2D eigenvalue weighted by Gasteiger charge is 2.10. The van der Waals surface area contributed by atoms with Crippen molar-refractivity contribution in [3.63, 3.8) is 0 Å². The third-order valence-electron chi connectivity index (χ3n) is 1.98. The Morgan fingerprint density at radius 1 is 1.53 bits per heavy atom. The Balaban J connectivity index is 1.90. The highest BCUT2D eigenvalue weighted by atomic mass is 32.1. The summed E-state index contributed by atoms with van der Waals surface area (Å²) in [5.74, 6) is 0.585. The van der Waals surface area contributed by atoms with Gasteiger partial charge < -0.3 is 5.11 Å². The van der Waals surface area contributed by atoms with Gasteiger partial charge in [0, 0.05) is 17.7 Å². The molecule has 15 heavy (non-hydrogen) atoms. The molecule has 0 aliphatic heterocycles. The summed E-state index contributed by atoms with van der Waals surface area (Å²) >= 11 is 1.65. The number of nitrogens with zero attached hydrogens (tertiary/aromatic N) is 4. The minimum absolute atomic E-state index is 0.437. The first-order valence-electron chi connectivity index (χ1n) is 4.67. The average molecular weight is 224 g/mol. The molecule has 0 aliphatic rings. The van der Waals surface area contributed by atoms with Gasteiger partial charge >= 0.3 is 0 Å². The second-order valence-corrected chi connectivity index (χ2v) is 4.37. The topological polar surface area (TPSA) is 63.8 Å². The monoisotopic (exact) mass is 224 g/mol. The third kappa shape index (κ3) is 2.84. The molecule has 0 aliphatic carbocycles. The lowest BCUT2D eigenvalue weighted by Crippen LogP contribution is -2.14. The number of rotatable bonds is 4. The van der Waals surface area contributed by atoms with Gasteiger partial charge in [-0.3, -0.25) is 0 Å². The van der Waals surface area contributed by atoms with Crippen LogP contribution in [-0.4, -0.2) is 31.4 Å². The van der Waals surface area contributed by atoms with Gasteiger partial charge in [0.1, 0.15) is 0 Å². The molecular weight excluding hydrogens is 212 g/mol. The van der Waals surface area contributed by atoms with Crippen LogP contribution >= 0.6 is 11.3 Å². The number of aromatic nitrogens is 4. The lowest BCUT2D eigenvalue weighted by molar-refractivity contribution is 0.173. The maximum atomic E-state index is 9.77. The Hall–Kier alpha value is -1.27. The molecule has 5 nitrogen and oxygen atoms in total. The first-order chi connectivity index (χ1) is 7.24. The van der Waals surface area contributed by atoms with E-state index in [0.717, 1.165) is 0 Å². The Bertz CT molecular complexity index is 411. The van der Waals surface area contributed by atoms with Gasteiger partial charge in [0.05, 0.1) is 13.2 Å². The number of hydrogen-bond acceptors (Lipinski definition) is 5. The van der Waals surface area contributed by atoms with Crippen molar-refractivity contribution < 1.29 is 5.11 Å². The van der Waals surface area contributed by atoms with Crippen LogP contribution in [0.4, 0.5) is 0 Å². The van der Waals surface area contributed by atoms with Crippen LogP contribution in [0.1, 0.15) is 10.7 Å². The van der Waals surface area contributed by atoms with Crippen LogP contribution in [0.3, 0.4) is 0 Å². The quantitative estimate of drug-likeness (QED) is 0.817. The van der Waals surface area contributed by atoms with Crippen molar-refractivity contribution in [3.8, 4) is 0 Å². The fraction of sp³-hybridized carbons (Fsp3) is 0.444. The predicted molar refractivity (Wildman–Crippen MR) is 56.5 cm³/mol. The SMILES string of the molecule is Cn1nnc(CC(O)Cc2cccs2)n1. The van der Waals surface area contributed by atoms with Crippen molar-refractivity contribution in [1.82, 2.24) is 20.2 Å².